The molecule has 1 heterocycles. The van der Waals surface area contributed by atoms with Crippen molar-refractivity contribution in [2.75, 3.05) is 31.6 Å². The molecule has 1 aliphatic heterocycles. The number of nitrogens with one attached hydrogen (secondary N) is 1. The van der Waals surface area contributed by atoms with E-state index in [0.29, 0.717) is 5.92 Å². The SMILES string of the molecule is CN(CC1CCNCC1)c1ccc(OCc2ccc(OC(F)(F)F)cc2)cc1. The van der Waals surface area contributed by atoms with Gasteiger partial charge >= 0.3 is 6.36 Å². The number of hydrogen-bond donors (Lipinski definition) is 1. The number of rotatable bonds is 7. The average Bonchev–Trinajstić information content (AvgIpc) is 2.67. The predicted molar refractivity (Wildman–Crippen MR) is 103 cm³/mol. The van der Waals surface area contributed by atoms with Crippen LogP contribution in [0.1, 0.15) is 18.4 Å². The Morgan fingerprint density at radius 3 is 2.18 bits per heavy atom. The van der Waals surface area contributed by atoms with Gasteiger partial charge in [-0.3, -0.25) is 0 Å². The molecule has 0 aliphatic carbocycles. The second kappa shape index (κ2) is 9.19. The fraction of sp³-hybridized carbons (Fsp3) is 0.429. The van der Waals surface area contributed by atoms with Crippen LogP contribution < -0.4 is 19.7 Å². The first-order chi connectivity index (χ1) is 13.4. The van der Waals surface area contributed by atoms with E-state index < -0.39 is 6.36 Å². The largest absolute Gasteiger partial charge is 0.573 e. The highest BCUT2D eigenvalue weighted by Crippen LogP contribution is 2.24. The molecule has 28 heavy (non-hydrogen) atoms. The quantitative estimate of drug-likeness (QED) is 0.744. The van der Waals surface area contributed by atoms with E-state index >= 15 is 0 Å². The van der Waals surface area contributed by atoms with Gasteiger partial charge in [0.25, 0.3) is 0 Å². The maximum absolute atomic E-state index is 12.2. The van der Waals surface area contributed by atoms with Crippen LogP contribution in [-0.2, 0) is 6.61 Å². The normalized spacial score (nSPS) is 15.3. The third-order valence-electron chi connectivity index (χ3n) is 4.83. The minimum atomic E-state index is -4.68. The van der Waals surface area contributed by atoms with Crippen LogP contribution in [0.15, 0.2) is 48.5 Å². The second-order valence-corrected chi connectivity index (χ2v) is 7.05. The summed E-state index contributed by atoms with van der Waals surface area (Å²) >= 11 is 0. The molecule has 152 valence electrons. The summed E-state index contributed by atoms with van der Waals surface area (Å²) < 4.78 is 46.1. The zero-order valence-electron chi connectivity index (χ0n) is 15.8. The highest BCUT2D eigenvalue weighted by molar-refractivity contribution is 5.48. The zero-order chi connectivity index (χ0) is 20.0. The van der Waals surface area contributed by atoms with Crippen LogP contribution in [0.25, 0.3) is 0 Å². The van der Waals surface area contributed by atoms with Crippen molar-refractivity contribution in [3.05, 3.63) is 54.1 Å². The summed E-state index contributed by atoms with van der Waals surface area (Å²) in [6.45, 7) is 3.49. The molecule has 1 aliphatic rings. The molecule has 4 nitrogen and oxygen atoms in total. The summed E-state index contributed by atoms with van der Waals surface area (Å²) in [6.07, 6.45) is -2.27. The molecule has 3 rings (SSSR count). The first-order valence-corrected chi connectivity index (χ1v) is 9.38. The topological polar surface area (TPSA) is 33.7 Å². The number of ether oxygens (including phenoxy) is 2. The molecule has 0 radical (unpaired) electrons. The molecule has 0 unspecified atom stereocenters. The number of piperidine rings is 1. The highest BCUT2D eigenvalue weighted by Gasteiger charge is 2.30. The second-order valence-electron chi connectivity index (χ2n) is 7.05. The van der Waals surface area contributed by atoms with E-state index in [1.807, 2.05) is 24.3 Å². The Labute approximate surface area is 163 Å². The van der Waals surface area contributed by atoms with Crippen LogP contribution in [0.4, 0.5) is 18.9 Å². The molecule has 2 aromatic rings. The molecule has 0 aromatic heterocycles. The molecule has 1 saturated heterocycles. The summed E-state index contributed by atoms with van der Waals surface area (Å²) in [7, 11) is 2.10. The van der Waals surface area contributed by atoms with Gasteiger partial charge in [-0.2, -0.15) is 0 Å². The Morgan fingerprint density at radius 1 is 0.964 bits per heavy atom. The van der Waals surface area contributed by atoms with Gasteiger partial charge in [-0.1, -0.05) is 12.1 Å². The first kappa shape index (κ1) is 20.3. The number of benzene rings is 2. The van der Waals surface area contributed by atoms with Gasteiger partial charge in [0, 0.05) is 19.3 Å². The van der Waals surface area contributed by atoms with E-state index in [9.17, 15) is 13.2 Å². The number of alkyl halides is 3. The molecule has 0 amide bonds. The molecule has 1 fully saturated rings. The van der Waals surface area contributed by atoms with Crippen molar-refractivity contribution >= 4 is 5.69 Å². The highest BCUT2D eigenvalue weighted by atomic mass is 19.4. The third kappa shape index (κ3) is 6.34. The molecular formula is C21H25F3N2O2. The van der Waals surface area contributed by atoms with Gasteiger partial charge < -0.3 is 19.7 Å². The Hall–Kier alpha value is -2.41. The third-order valence-corrected chi connectivity index (χ3v) is 4.83. The summed E-state index contributed by atoms with van der Waals surface area (Å²) in [6, 6.07) is 13.6. The van der Waals surface area contributed by atoms with Gasteiger partial charge in [0.05, 0.1) is 0 Å². The van der Waals surface area contributed by atoms with E-state index in [2.05, 4.69) is 22.0 Å². The monoisotopic (exact) mass is 394 g/mol. The van der Waals surface area contributed by atoms with Crippen LogP contribution in [0.3, 0.4) is 0 Å². The maximum Gasteiger partial charge on any atom is 0.573 e. The fourth-order valence-electron chi connectivity index (χ4n) is 3.31. The Kier molecular flexibility index (Phi) is 6.67. The number of anilines is 1. The fourth-order valence-corrected chi connectivity index (χ4v) is 3.31. The number of nitrogens with zero attached hydrogens (tertiary/aromatic N) is 1. The summed E-state index contributed by atoms with van der Waals surface area (Å²) in [4.78, 5) is 2.26. The molecule has 0 atom stereocenters. The van der Waals surface area contributed by atoms with Crippen molar-refractivity contribution in [2.24, 2.45) is 5.92 Å². The summed E-state index contributed by atoms with van der Waals surface area (Å²) in [5.74, 6) is 1.19. The van der Waals surface area contributed by atoms with E-state index in [-0.39, 0.29) is 12.4 Å². The minimum absolute atomic E-state index is 0.239. The summed E-state index contributed by atoms with van der Waals surface area (Å²) in [5.41, 5.74) is 1.90. The Bertz CT molecular complexity index is 727. The molecule has 7 heteroatoms. The lowest BCUT2D eigenvalue weighted by molar-refractivity contribution is -0.274. The van der Waals surface area contributed by atoms with Gasteiger partial charge in [-0.15, -0.1) is 13.2 Å². The molecule has 0 bridgehead atoms. The van der Waals surface area contributed by atoms with Crippen LogP contribution >= 0.6 is 0 Å². The Balaban J connectivity index is 1.48. The first-order valence-electron chi connectivity index (χ1n) is 9.38. The van der Waals surface area contributed by atoms with E-state index in [4.69, 9.17) is 4.74 Å². The van der Waals surface area contributed by atoms with E-state index in [1.165, 1.54) is 25.0 Å². The molecule has 0 spiro atoms. The van der Waals surface area contributed by atoms with Crippen molar-refractivity contribution in [2.45, 2.75) is 25.8 Å². The lowest BCUT2D eigenvalue weighted by Crippen LogP contribution is -2.34. The smallest absolute Gasteiger partial charge is 0.489 e. The van der Waals surface area contributed by atoms with Crippen LogP contribution in [0, 0.1) is 5.92 Å². The minimum Gasteiger partial charge on any atom is -0.489 e. The van der Waals surface area contributed by atoms with Crippen molar-refractivity contribution in [1.29, 1.82) is 0 Å². The van der Waals surface area contributed by atoms with Crippen molar-refractivity contribution < 1.29 is 22.6 Å². The lowest BCUT2D eigenvalue weighted by Gasteiger charge is -2.28. The van der Waals surface area contributed by atoms with Gasteiger partial charge in [-0.05, 0) is 73.8 Å². The average molecular weight is 394 g/mol. The molecule has 2 aromatic carbocycles. The van der Waals surface area contributed by atoms with Crippen LogP contribution in [0.5, 0.6) is 11.5 Å². The van der Waals surface area contributed by atoms with Crippen molar-refractivity contribution in [1.82, 2.24) is 5.32 Å². The maximum atomic E-state index is 12.2. The number of halogens is 3. The number of hydrogen-bond acceptors (Lipinski definition) is 4. The zero-order valence-corrected chi connectivity index (χ0v) is 15.8. The van der Waals surface area contributed by atoms with E-state index in [0.717, 1.165) is 36.6 Å². The van der Waals surface area contributed by atoms with Crippen molar-refractivity contribution in [3.8, 4) is 11.5 Å². The standard InChI is InChI=1S/C21H25F3N2O2/c1-26(14-16-10-12-25-13-11-16)18-4-8-19(9-5-18)27-15-17-2-6-20(7-3-17)28-21(22,23)24/h2-9,16,25H,10-15H2,1H3. The summed E-state index contributed by atoms with van der Waals surface area (Å²) in [5, 5.41) is 3.38. The molecular weight excluding hydrogens is 369 g/mol. The van der Waals surface area contributed by atoms with Gasteiger partial charge in [0.1, 0.15) is 18.1 Å². The van der Waals surface area contributed by atoms with E-state index in [1.54, 1.807) is 12.1 Å². The predicted octanol–water partition coefficient (Wildman–Crippen LogP) is 4.60. The van der Waals surface area contributed by atoms with Crippen molar-refractivity contribution in [3.63, 3.8) is 0 Å². The van der Waals surface area contributed by atoms with Gasteiger partial charge in [0.2, 0.25) is 0 Å². The van der Waals surface area contributed by atoms with Gasteiger partial charge in [0.15, 0.2) is 0 Å². The molecule has 0 saturated carbocycles. The van der Waals surface area contributed by atoms with Crippen LogP contribution in [0.2, 0.25) is 0 Å². The molecule has 1 N–H and O–H groups in total. The van der Waals surface area contributed by atoms with Crippen LogP contribution in [-0.4, -0.2) is 33.0 Å². The lowest BCUT2D eigenvalue weighted by atomic mass is 9.97. The van der Waals surface area contributed by atoms with Gasteiger partial charge in [-0.25, -0.2) is 0 Å². The Morgan fingerprint density at radius 2 is 1.57 bits per heavy atom.